The van der Waals surface area contributed by atoms with Crippen LogP contribution in [0.2, 0.25) is 0 Å². The summed E-state index contributed by atoms with van der Waals surface area (Å²) in [6.07, 6.45) is 8.79. The Morgan fingerprint density at radius 3 is 2.56 bits per heavy atom. The van der Waals surface area contributed by atoms with E-state index in [-0.39, 0.29) is 11.3 Å². The number of aryl methyl sites for hydroxylation is 2. The van der Waals surface area contributed by atoms with Crippen LogP contribution >= 0.6 is 0 Å². The Bertz CT molecular complexity index is 1490. The molecule has 0 saturated heterocycles. The third kappa shape index (κ3) is 3.49. The number of amides is 1. The molecule has 1 amide bonds. The van der Waals surface area contributed by atoms with Crippen molar-refractivity contribution in [3.63, 3.8) is 0 Å². The predicted octanol–water partition coefficient (Wildman–Crippen LogP) is 4.23. The molecule has 1 unspecified atom stereocenters. The second-order valence-corrected chi connectivity index (χ2v) is 10.5. The monoisotopic (exact) mass is 482 g/mol. The van der Waals surface area contributed by atoms with E-state index in [0.717, 1.165) is 46.1 Å². The Morgan fingerprint density at radius 2 is 1.86 bits per heavy atom. The third-order valence-electron chi connectivity index (χ3n) is 7.85. The number of hydrogen-bond acceptors (Lipinski definition) is 7. The first-order valence-electron chi connectivity index (χ1n) is 12.5. The molecule has 1 fully saturated rings. The molecule has 9 nitrogen and oxygen atoms in total. The topological polar surface area (TPSA) is 111 Å². The SMILES string of the molecule is CCn1c(-c2cnc(C)nc2)nc2c(-c3ccc4c(c3)C(C)(NCC3(C)CCC3)C(=O)N4)ncnc21. The van der Waals surface area contributed by atoms with Gasteiger partial charge in [0.15, 0.2) is 5.65 Å². The second-order valence-electron chi connectivity index (χ2n) is 10.5. The van der Waals surface area contributed by atoms with E-state index in [4.69, 9.17) is 4.98 Å². The minimum Gasteiger partial charge on any atom is -0.324 e. The van der Waals surface area contributed by atoms with E-state index < -0.39 is 5.54 Å². The van der Waals surface area contributed by atoms with Crippen molar-refractivity contribution < 1.29 is 4.79 Å². The Hall–Kier alpha value is -3.72. The van der Waals surface area contributed by atoms with E-state index >= 15 is 0 Å². The highest BCUT2D eigenvalue weighted by Gasteiger charge is 2.44. The Labute approximate surface area is 209 Å². The highest BCUT2D eigenvalue weighted by atomic mass is 16.2. The summed E-state index contributed by atoms with van der Waals surface area (Å²) in [5, 5.41) is 6.65. The number of carbonyl (C=O) groups excluding carboxylic acids is 1. The molecule has 184 valence electrons. The largest absolute Gasteiger partial charge is 0.324 e. The molecule has 1 aliphatic heterocycles. The maximum atomic E-state index is 13.1. The number of benzene rings is 1. The lowest BCUT2D eigenvalue weighted by Crippen LogP contribution is -2.50. The molecule has 1 saturated carbocycles. The van der Waals surface area contributed by atoms with Gasteiger partial charge in [-0.3, -0.25) is 10.1 Å². The average Bonchev–Trinajstić information content (AvgIpc) is 3.36. The van der Waals surface area contributed by atoms with Crippen LogP contribution in [0.25, 0.3) is 33.8 Å². The molecule has 2 aliphatic rings. The summed E-state index contributed by atoms with van der Waals surface area (Å²) >= 11 is 0. The van der Waals surface area contributed by atoms with E-state index in [0.29, 0.717) is 17.9 Å². The van der Waals surface area contributed by atoms with Crippen molar-refractivity contribution >= 4 is 22.8 Å². The van der Waals surface area contributed by atoms with Crippen molar-refractivity contribution in [1.82, 2.24) is 34.8 Å². The van der Waals surface area contributed by atoms with Gasteiger partial charge in [0, 0.05) is 42.3 Å². The fourth-order valence-corrected chi connectivity index (χ4v) is 5.28. The minimum absolute atomic E-state index is 0.0256. The lowest BCUT2D eigenvalue weighted by atomic mass is 9.70. The van der Waals surface area contributed by atoms with Crippen LogP contribution < -0.4 is 10.6 Å². The maximum absolute atomic E-state index is 13.1. The van der Waals surface area contributed by atoms with Gasteiger partial charge in [0.05, 0.1) is 5.56 Å². The van der Waals surface area contributed by atoms with Crippen molar-refractivity contribution in [1.29, 1.82) is 0 Å². The summed E-state index contributed by atoms with van der Waals surface area (Å²) in [4.78, 5) is 35.9. The van der Waals surface area contributed by atoms with Gasteiger partial charge in [0.2, 0.25) is 5.91 Å². The molecule has 3 aromatic heterocycles. The number of aromatic nitrogens is 6. The van der Waals surface area contributed by atoms with E-state index in [1.54, 1.807) is 18.7 Å². The van der Waals surface area contributed by atoms with Crippen molar-refractivity contribution in [3.05, 3.63) is 48.3 Å². The zero-order valence-corrected chi connectivity index (χ0v) is 21.1. The quantitative estimate of drug-likeness (QED) is 0.423. The number of carbonyl (C=O) groups is 1. The molecule has 9 heteroatoms. The van der Waals surface area contributed by atoms with Gasteiger partial charge in [-0.25, -0.2) is 24.9 Å². The normalized spacial score (nSPS) is 20.3. The molecule has 2 N–H and O–H groups in total. The maximum Gasteiger partial charge on any atom is 0.249 e. The van der Waals surface area contributed by atoms with E-state index in [1.807, 2.05) is 26.0 Å². The Kier molecular flexibility index (Phi) is 5.15. The molecule has 4 heterocycles. The van der Waals surface area contributed by atoms with Gasteiger partial charge in [-0.1, -0.05) is 19.4 Å². The number of anilines is 1. The van der Waals surface area contributed by atoms with Gasteiger partial charge in [0.1, 0.15) is 34.7 Å². The standard InChI is InChI=1S/C27H30N8O/c1-5-35-23(18-12-28-16(2)29-13-18)34-22-21(30-15-31-24(22)35)17-7-8-20-19(11-17)27(4,25(36)33-20)32-14-26(3)9-6-10-26/h7-8,11-13,15,32H,5-6,9-10,14H2,1-4H3,(H,33,36). The summed E-state index contributed by atoms with van der Waals surface area (Å²) in [5.41, 5.74) is 5.15. The van der Waals surface area contributed by atoms with E-state index in [1.165, 1.54) is 19.3 Å². The molecule has 0 spiro atoms. The first kappa shape index (κ1) is 22.7. The molecular weight excluding hydrogens is 452 g/mol. The fraction of sp³-hybridized carbons (Fsp3) is 0.407. The Balaban J connectivity index is 1.44. The molecule has 1 aliphatic carbocycles. The van der Waals surface area contributed by atoms with Crippen molar-refractivity contribution in [2.24, 2.45) is 5.41 Å². The van der Waals surface area contributed by atoms with Crippen molar-refractivity contribution in [3.8, 4) is 22.6 Å². The highest BCUT2D eigenvalue weighted by molar-refractivity contribution is 6.06. The lowest BCUT2D eigenvalue weighted by molar-refractivity contribution is -0.121. The van der Waals surface area contributed by atoms with Crippen molar-refractivity contribution in [2.75, 3.05) is 11.9 Å². The van der Waals surface area contributed by atoms with Crippen LogP contribution in [0.5, 0.6) is 0 Å². The zero-order valence-electron chi connectivity index (χ0n) is 21.1. The van der Waals surface area contributed by atoms with Crippen LogP contribution in [0.3, 0.4) is 0 Å². The van der Waals surface area contributed by atoms with Gasteiger partial charge in [-0.15, -0.1) is 0 Å². The van der Waals surface area contributed by atoms with Crippen LogP contribution in [0, 0.1) is 12.3 Å². The Morgan fingerprint density at radius 1 is 1.08 bits per heavy atom. The molecule has 1 aromatic carbocycles. The molecule has 0 bridgehead atoms. The predicted molar refractivity (Wildman–Crippen MR) is 138 cm³/mol. The average molecular weight is 483 g/mol. The lowest BCUT2D eigenvalue weighted by Gasteiger charge is -2.41. The van der Waals surface area contributed by atoms with Gasteiger partial charge in [-0.2, -0.15) is 0 Å². The van der Waals surface area contributed by atoms with Crippen LogP contribution in [0.15, 0.2) is 36.9 Å². The zero-order chi connectivity index (χ0) is 25.1. The molecule has 1 atom stereocenters. The minimum atomic E-state index is -0.802. The summed E-state index contributed by atoms with van der Waals surface area (Å²) in [7, 11) is 0. The number of nitrogens with zero attached hydrogens (tertiary/aromatic N) is 6. The molecule has 0 radical (unpaired) electrons. The number of fused-ring (bicyclic) bond motifs is 2. The van der Waals surface area contributed by atoms with E-state index in [2.05, 4.69) is 55.1 Å². The summed E-state index contributed by atoms with van der Waals surface area (Å²) in [6.45, 7) is 9.68. The molecule has 6 rings (SSSR count). The number of nitrogens with one attached hydrogen (secondary N) is 2. The third-order valence-corrected chi connectivity index (χ3v) is 7.85. The van der Waals surface area contributed by atoms with Gasteiger partial charge in [-0.05, 0) is 51.2 Å². The smallest absolute Gasteiger partial charge is 0.249 e. The van der Waals surface area contributed by atoms with Crippen molar-refractivity contribution in [2.45, 2.75) is 59.0 Å². The van der Waals surface area contributed by atoms with Crippen LogP contribution in [0.1, 0.15) is 51.4 Å². The second kappa shape index (κ2) is 8.16. The first-order chi connectivity index (χ1) is 17.3. The summed E-state index contributed by atoms with van der Waals surface area (Å²) in [6, 6.07) is 6.00. The first-order valence-corrected chi connectivity index (χ1v) is 12.5. The summed E-state index contributed by atoms with van der Waals surface area (Å²) < 4.78 is 2.05. The highest BCUT2D eigenvalue weighted by Crippen LogP contribution is 2.43. The summed E-state index contributed by atoms with van der Waals surface area (Å²) in [5.74, 6) is 1.44. The molecular formula is C27H30N8O. The molecule has 4 aromatic rings. The fourth-order valence-electron chi connectivity index (χ4n) is 5.28. The number of rotatable bonds is 6. The van der Waals surface area contributed by atoms with Gasteiger partial charge in [0.25, 0.3) is 0 Å². The number of imidazole rings is 1. The van der Waals surface area contributed by atoms with Gasteiger partial charge >= 0.3 is 0 Å². The van der Waals surface area contributed by atoms with Crippen LogP contribution in [-0.2, 0) is 16.9 Å². The van der Waals surface area contributed by atoms with Gasteiger partial charge < -0.3 is 9.88 Å². The number of hydrogen-bond donors (Lipinski definition) is 2. The molecule has 36 heavy (non-hydrogen) atoms. The van der Waals surface area contributed by atoms with Crippen LogP contribution in [0.4, 0.5) is 5.69 Å². The van der Waals surface area contributed by atoms with E-state index in [9.17, 15) is 4.79 Å². The van der Waals surface area contributed by atoms with Crippen LogP contribution in [-0.4, -0.2) is 41.9 Å².